The van der Waals surface area contributed by atoms with E-state index in [0.29, 0.717) is 11.8 Å². The summed E-state index contributed by atoms with van der Waals surface area (Å²) >= 11 is 0. The van der Waals surface area contributed by atoms with E-state index in [-0.39, 0.29) is 19.2 Å². The highest BCUT2D eigenvalue weighted by molar-refractivity contribution is 5.85. The number of likely N-dealkylation sites (N-methyl/N-ethyl adjacent to an activating group) is 1. The Balaban J connectivity index is 0.00000161. The minimum absolute atomic E-state index is 0. The van der Waals surface area contributed by atoms with E-state index in [1.54, 1.807) is 7.11 Å². The maximum Gasteiger partial charge on any atom is 0.231 e. The molecule has 118 valence electrons. The molecule has 0 amide bonds. The first-order valence-corrected chi connectivity index (χ1v) is 7.14. The third-order valence-electron chi connectivity index (χ3n) is 3.94. The van der Waals surface area contributed by atoms with Crippen LogP contribution in [0.1, 0.15) is 18.4 Å². The average Bonchev–Trinajstić information content (AvgIpc) is 2.92. The highest BCUT2D eigenvalue weighted by atomic mass is 35.5. The molecule has 0 saturated carbocycles. The SMILES string of the molecule is COc1cc(CNC2CCCN(C)C2)cc2c1OCO2.Cl. The van der Waals surface area contributed by atoms with E-state index < -0.39 is 0 Å². The van der Waals surface area contributed by atoms with Gasteiger partial charge in [0.25, 0.3) is 0 Å². The summed E-state index contributed by atoms with van der Waals surface area (Å²) < 4.78 is 16.2. The lowest BCUT2D eigenvalue weighted by Crippen LogP contribution is -2.43. The first-order chi connectivity index (χ1) is 9.76. The van der Waals surface area contributed by atoms with E-state index in [2.05, 4.69) is 17.3 Å². The molecule has 1 aromatic carbocycles. The largest absolute Gasteiger partial charge is 0.493 e. The normalized spacial score (nSPS) is 21.0. The zero-order valence-corrected chi connectivity index (χ0v) is 13.4. The van der Waals surface area contributed by atoms with E-state index in [9.17, 15) is 0 Å². The van der Waals surface area contributed by atoms with Crippen LogP contribution < -0.4 is 19.5 Å². The van der Waals surface area contributed by atoms with Crippen LogP contribution in [0.15, 0.2) is 12.1 Å². The summed E-state index contributed by atoms with van der Waals surface area (Å²) in [4.78, 5) is 2.38. The summed E-state index contributed by atoms with van der Waals surface area (Å²) in [5.41, 5.74) is 1.17. The Morgan fingerprint density at radius 1 is 1.38 bits per heavy atom. The number of piperidine rings is 1. The van der Waals surface area contributed by atoms with Gasteiger partial charge in [0.15, 0.2) is 11.5 Å². The highest BCUT2D eigenvalue weighted by Gasteiger charge is 2.21. The molecule has 1 fully saturated rings. The Bertz CT molecular complexity index is 484. The first kappa shape index (κ1) is 16.2. The summed E-state index contributed by atoms with van der Waals surface area (Å²) in [6, 6.07) is 4.61. The number of hydrogen-bond donors (Lipinski definition) is 1. The number of nitrogens with zero attached hydrogens (tertiary/aromatic N) is 1. The maximum absolute atomic E-state index is 5.45. The van der Waals surface area contributed by atoms with E-state index in [4.69, 9.17) is 14.2 Å². The monoisotopic (exact) mass is 314 g/mol. The zero-order chi connectivity index (χ0) is 13.9. The molecule has 1 saturated heterocycles. The standard InChI is InChI=1S/C15H22N2O3.ClH/c1-17-5-3-4-12(9-17)16-8-11-6-13(18-2)15-14(7-11)19-10-20-15;/h6-7,12,16H,3-5,8-10H2,1-2H3;1H. The molecule has 3 rings (SSSR count). The van der Waals surface area contributed by atoms with E-state index in [0.717, 1.165) is 24.6 Å². The fourth-order valence-electron chi connectivity index (χ4n) is 2.88. The van der Waals surface area contributed by atoms with Crippen LogP contribution in [0.2, 0.25) is 0 Å². The van der Waals surface area contributed by atoms with Gasteiger partial charge in [-0.15, -0.1) is 12.4 Å². The molecule has 0 bridgehead atoms. The number of hydrogen-bond acceptors (Lipinski definition) is 5. The molecule has 1 aromatic rings. The number of likely N-dealkylation sites (tertiary alicyclic amines) is 1. The van der Waals surface area contributed by atoms with Crippen LogP contribution in [0.4, 0.5) is 0 Å². The quantitative estimate of drug-likeness (QED) is 0.921. The molecule has 1 atom stereocenters. The van der Waals surface area contributed by atoms with Gasteiger partial charge in [0.1, 0.15) is 0 Å². The maximum atomic E-state index is 5.45. The third kappa shape index (κ3) is 3.73. The van der Waals surface area contributed by atoms with Gasteiger partial charge in [-0.05, 0) is 44.1 Å². The fraction of sp³-hybridized carbons (Fsp3) is 0.600. The topological polar surface area (TPSA) is 43.0 Å². The fourth-order valence-corrected chi connectivity index (χ4v) is 2.88. The predicted molar refractivity (Wildman–Crippen MR) is 83.7 cm³/mol. The van der Waals surface area contributed by atoms with Crippen molar-refractivity contribution in [2.24, 2.45) is 0 Å². The van der Waals surface area contributed by atoms with Crippen molar-refractivity contribution in [3.63, 3.8) is 0 Å². The van der Waals surface area contributed by atoms with Crippen LogP contribution >= 0.6 is 12.4 Å². The van der Waals surface area contributed by atoms with Crippen LogP contribution in [-0.4, -0.2) is 45.0 Å². The molecule has 0 spiro atoms. The van der Waals surface area contributed by atoms with Crippen LogP contribution in [0, 0.1) is 0 Å². The number of fused-ring (bicyclic) bond motifs is 1. The number of methoxy groups -OCH3 is 1. The number of ether oxygens (including phenoxy) is 3. The predicted octanol–water partition coefficient (Wildman–Crippen LogP) is 2.03. The molecule has 21 heavy (non-hydrogen) atoms. The Kier molecular flexibility index (Phi) is 5.56. The van der Waals surface area contributed by atoms with E-state index >= 15 is 0 Å². The van der Waals surface area contributed by atoms with Gasteiger partial charge in [-0.3, -0.25) is 0 Å². The van der Waals surface area contributed by atoms with Crippen molar-refractivity contribution in [1.82, 2.24) is 10.2 Å². The van der Waals surface area contributed by atoms with E-state index in [1.165, 1.54) is 24.9 Å². The van der Waals surface area contributed by atoms with Crippen molar-refractivity contribution in [3.05, 3.63) is 17.7 Å². The lowest BCUT2D eigenvalue weighted by molar-refractivity contribution is 0.171. The molecule has 5 nitrogen and oxygen atoms in total. The summed E-state index contributed by atoms with van der Waals surface area (Å²) in [7, 11) is 3.84. The second kappa shape index (κ2) is 7.20. The van der Waals surface area contributed by atoms with Crippen LogP contribution in [0.5, 0.6) is 17.2 Å². The van der Waals surface area contributed by atoms with Crippen molar-refractivity contribution in [2.75, 3.05) is 34.0 Å². The Labute approximate surface area is 132 Å². The molecule has 1 N–H and O–H groups in total. The molecule has 0 radical (unpaired) electrons. The van der Waals surface area contributed by atoms with Crippen molar-refractivity contribution in [2.45, 2.75) is 25.4 Å². The lowest BCUT2D eigenvalue weighted by Gasteiger charge is -2.30. The minimum atomic E-state index is 0. The average molecular weight is 315 g/mol. The van der Waals surface area contributed by atoms with Gasteiger partial charge in [0.05, 0.1) is 7.11 Å². The molecule has 1 unspecified atom stereocenters. The van der Waals surface area contributed by atoms with Crippen molar-refractivity contribution < 1.29 is 14.2 Å². The van der Waals surface area contributed by atoms with Crippen molar-refractivity contribution in [3.8, 4) is 17.2 Å². The molecule has 0 aromatic heterocycles. The van der Waals surface area contributed by atoms with Gasteiger partial charge in [0, 0.05) is 19.1 Å². The van der Waals surface area contributed by atoms with Crippen LogP contribution in [-0.2, 0) is 6.54 Å². The Hall–Kier alpha value is -1.17. The van der Waals surface area contributed by atoms with Crippen molar-refractivity contribution >= 4 is 12.4 Å². The molecular weight excluding hydrogens is 292 g/mol. The summed E-state index contributed by atoms with van der Waals surface area (Å²) in [5.74, 6) is 2.24. The summed E-state index contributed by atoms with van der Waals surface area (Å²) in [6.07, 6.45) is 2.50. The summed E-state index contributed by atoms with van der Waals surface area (Å²) in [5, 5.41) is 3.62. The Morgan fingerprint density at radius 2 is 2.24 bits per heavy atom. The highest BCUT2D eigenvalue weighted by Crippen LogP contribution is 2.41. The van der Waals surface area contributed by atoms with Gasteiger partial charge < -0.3 is 24.4 Å². The first-order valence-electron chi connectivity index (χ1n) is 7.14. The second-order valence-electron chi connectivity index (χ2n) is 5.51. The Morgan fingerprint density at radius 3 is 3.00 bits per heavy atom. The number of nitrogens with one attached hydrogen (secondary N) is 1. The molecular formula is C15H23ClN2O3. The van der Waals surface area contributed by atoms with Gasteiger partial charge in [-0.25, -0.2) is 0 Å². The minimum Gasteiger partial charge on any atom is -0.493 e. The van der Waals surface area contributed by atoms with E-state index in [1.807, 2.05) is 12.1 Å². The van der Waals surface area contributed by atoms with Crippen molar-refractivity contribution in [1.29, 1.82) is 0 Å². The number of rotatable bonds is 4. The number of benzene rings is 1. The van der Waals surface area contributed by atoms with Gasteiger partial charge >= 0.3 is 0 Å². The zero-order valence-electron chi connectivity index (χ0n) is 12.6. The molecule has 2 aliphatic heterocycles. The lowest BCUT2D eigenvalue weighted by atomic mass is 10.1. The molecule has 2 aliphatic rings. The van der Waals surface area contributed by atoms with Crippen LogP contribution in [0.3, 0.4) is 0 Å². The summed E-state index contributed by atoms with van der Waals surface area (Å²) in [6.45, 7) is 3.42. The second-order valence-corrected chi connectivity index (χ2v) is 5.51. The van der Waals surface area contributed by atoms with Gasteiger partial charge in [-0.1, -0.05) is 0 Å². The van der Waals surface area contributed by atoms with Crippen LogP contribution in [0.25, 0.3) is 0 Å². The molecule has 2 heterocycles. The van der Waals surface area contributed by atoms with Gasteiger partial charge in [0.2, 0.25) is 12.5 Å². The number of halogens is 1. The molecule has 0 aliphatic carbocycles. The van der Waals surface area contributed by atoms with Gasteiger partial charge in [-0.2, -0.15) is 0 Å². The third-order valence-corrected chi connectivity index (χ3v) is 3.94. The molecule has 6 heteroatoms. The smallest absolute Gasteiger partial charge is 0.231 e.